The van der Waals surface area contributed by atoms with Crippen molar-refractivity contribution in [1.82, 2.24) is 10.2 Å². The normalized spacial score (nSPS) is 17.3. The minimum atomic E-state index is -0.859. The number of urea groups is 1. The summed E-state index contributed by atoms with van der Waals surface area (Å²) >= 11 is 0. The third-order valence-corrected chi connectivity index (χ3v) is 2.96. The molecule has 5 nitrogen and oxygen atoms in total. The molecule has 1 aliphatic rings. The lowest BCUT2D eigenvalue weighted by Crippen LogP contribution is -2.44. The van der Waals surface area contributed by atoms with Gasteiger partial charge in [0.1, 0.15) is 0 Å². The topological polar surface area (TPSA) is 69.6 Å². The van der Waals surface area contributed by atoms with E-state index in [1.165, 1.54) is 5.57 Å². The van der Waals surface area contributed by atoms with E-state index in [1.54, 1.807) is 11.8 Å². The maximum Gasteiger partial charge on any atom is 0.317 e. The van der Waals surface area contributed by atoms with Gasteiger partial charge in [-0.05, 0) is 19.8 Å². The highest BCUT2D eigenvalue weighted by atomic mass is 16.4. The number of carbonyl (C=O) groups is 2. The van der Waals surface area contributed by atoms with Gasteiger partial charge in [0.25, 0.3) is 0 Å². The number of hydrogen-bond acceptors (Lipinski definition) is 2. The highest BCUT2D eigenvalue weighted by Gasteiger charge is 2.19. The summed E-state index contributed by atoms with van der Waals surface area (Å²) in [4.78, 5) is 24.3. The SMILES string of the molecule is CCC(CNC(=O)N1CCC=C(C)C1)C(=O)O. The minimum absolute atomic E-state index is 0.169. The standard InChI is InChI=1S/C12H20N2O3/c1-3-10(11(15)16)7-13-12(17)14-6-4-5-9(2)8-14/h5,10H,3-4,6-8H2,1-2H3,(H,13,17)(H,15,16). The Morgan fingerprint density at radius 2 is 2.29 bits per heavy atom. The number of hydrogen-bond donors (Lipinski definition) is 2. The van der Waals surface area contributed by atoms with Gasteiger partial charge in [-0.2, -0.15) is 0 Å². The third-order valence-electron chi connectivity index (χ3n) is 2.96. The molecule has 96 valence electrons. The van der Waals surface area contributed by atoms with Crippen LogP contribution in [0.2, 0.25) is 0 Å². The first-order valence-electron chi connectivity index (χ1n) is 5.95. The largest absolute Gasteiger partial charge is 0.481 e. The van der Waals surface area contributed by atoms with Crippen LogP contribution in [0.25, 0.3) is 0 Å². The molecule has 0 aliphatic carbocycles. The summed E-state index contributed by atoms with van der Waals surface area (Å²) in [7, 11) is 0. The van der Waals surface area contributed by atoms with E-state index >= 15 is 0 Å². The Morgan fingerprint density at radius 1 is 1.59 bits per heavy atom. The van der Waals surface area contributed by atoms with E-state index in [4.69, 9.17) is 5.11 Å². The molecule has 17 heavy (non-hydrogen) atoms. The van der Waals surface area contributed by atoms with Crippen LogP contribution in [0.3, 0.4) is 0 Å². The fourth-order valence-electron chi connectivity index (χ4n) is 1.81. The van der Waals surface area contributed by atoms with Gasteiger partial charge in [0.05, 0.1) is 5.92 Å². The first-order valence-corrected chi connectivity index (χ1v) is 5.95. The molecule has 0 saturated carbocycles. The summed E-state index contributed by atoms with van der Waals surface area (Å²) in [5, 5.41) is 11.5. The maximum absolute atomic E-state index is 11.8. The average molecular weight is 240 g/mol. The van der Waals surface area contributed by atoms with Gasteiger partial charge in [-0.25, -0.2) is 4.79 Å². The van der Waals surface area contributed by atoms with Gasteiger partial charge in [0, 0.05) is 19.6 Å². The van der Waals surface area contributed by atoms with E-state index in [9.17, 15) is 9.59 Å². The molecule has 5 heteroatoms. The Kier molecular flexibility index (Phi) is 5.00. The average Bonchev–Trinajstić information content (AvgIpc) is 2.29. The monoisotopic (exact) mass is 240 g/mol. The van der Waals surface area contributed by atoms with Crippen LogP contribution in [0, 0.1) is 5.92 Å². The van der Waals surface area contributed by atoms with Crippen LogP contribution in [0.5, 0.6) is 0 Å². The summed E-state index contributed by atoms with van der Waals surface area (Å²) in [5.74, 6) is -1.36. The molecule has 0 radical (unpaired) electrons. The van der Waals surface area contributed by atoms with Crippen LogP contribution in [0.4, 0.5) is 4.79 Å². The van der Waals surface area contributed by atoms with Crippen molar-refractivity contribution in [2.45, 2.75) is 26.7 Å². The van der Waals surface area contributed by atoms with Gasteiger partial charge in [0.2, 0.25) is 0 Å². The Bertz CT molecular complexity index is 326. The van der Waals surface area contributed by atoms with Crippen molar-refractivity contribution in [1.29, 1.82) is 0 Å². The molecule has 0 fully saturated rings. The summed E-state index contributed by atoms with van der Waals surface area (Å²) < 4.78 is 0. The second-order valence-corrected chi connectivity index (χ2v) is 4.39. The fourth-order valence-corrected chi connectivity index (χ4v) is 1.81. The lowest BCUT2D eigenvalue weighted by atomic mass is 10.1. The number of rotatable bonds is 4. The molecule has 2 amide bonds. The van der Waals surface area contributed by atoms with Crippen LogP contribution in [0.15, 0.2) is 11.6 Å². The molecular weight excluding hydrogens is 220 g/mol. The quantitative estimate of drug-likeness (QED) is 0.731. The van der Waals surface area contributed by atoms with E-state index in [0.29, 0.717) is 19.5 Å². The number of carboxylic acids is 1. The highest BCUT2D eigenvalue weighted by Crippen LogP contribution is 2.09. The zero-order valence-electron chi connectivity index (χ0n) is 10.4. The Morgan fingerprint density at radius 3 is 2.82 bits per heavy atom. The molecular formula is C12H20N2O3. The lowest BCUT2D eigenvalue weighted by molar-refractivity contribution is -0.141. The molecule has 0 saturated heterocycles. The van der Waals surface area contributed by atoms with E-state index in [-0.39, 0.29) is 12.6 Å². The van der Waals surface area contributed by atoms with Crippen LogP contribution in [-0.2, 0) is 4.79 Å². The molecule has 1 heterocycles. The number of nitrogens with zero attached hydrogens (tertiary/aromatic N) is 1. The number of amides is 2. The molecule has 2 N–H and O–H groups in total. The molecule has 0 aromatic carbocycles. The highest BCUT2D eigenvalue weighted by molar-refractivity contribution is 5.76. The van der Waals surface area contributed by atoms with Gasteiger partial charge in [-0.1, -0.05) is 18.6 Å². The number of nitrogens with one attached hydrogen (secondary N) is 1. The molecule has 1 atom stereocenters. The van der Waals surface area contributed by atoms with Crippen molar-refractivity contribution in [2.24, 2.45) is 5.92 Å². The van der Waals surface area contributed by atoms with Crippen LogP contribution in [-0.4, -0.2) is 41.6 Å². The Balaban J connectivity index is 2.39. The third kappa shape index (κ3) is 4.09. The smallest absolute Gasteiger partial charge is 0.317 e. The van der Waals surface area contributed by atoms with Gasteiger partial charge in [-0.15, -0.1) is 0 Å². The number of carbonyl (C=O) groups excluding carboxylic acids is 1. The number of aliphatic carboxylic acids is 1. The Labute approximate surface area is 101 Å². The predicted molar refractivity (Wildman–Crippen MR) is 64.8 cm³/mol. The Hall–Kier alpha value is -1.52. The molecule has 1 aliphatic heterocycles. The summed E-state index contributed by atoms with van der Waals surface area (Å²) in [6, 6.07) is -0.169. The lowest BCUT2D eigenvalue weighted by Gasteiger charge is -2.26. The first-order chi connectivity index (χ1) is 8.04. The second-order valence-electron chi connectivity index (χ2n) is 4.39. The van der Waals surface area contributed by atoms with Crippen molar-refractivity contribution in [3.63, 3.8) is 0 Å². The molecule has 0 spiro atoms. The van der Waals surface area contributed by atoms with Crippen molar-refractivity contribution in [2.75, 3.05) is 19.6 Å². The van der Waals surface area contributed by atoms with Crippen LogP contribution in [0.1, 0.15) is 26.7 Å². The number of carboxylic acid groups (broad SMARTS) is 1. The summed E-state index contributed by atoms with van der Waals surface area (Å²) in [6.07, 6.45) is 3.51. The van der Waals surface area contributed by atoms with Crippen LogP contribution >= 0.6 is 0 Å². The minimum Gasteiger partial charge on any atom is -0.481 e. The van der Waals surface area contributed by atoms with Gasteiger partial charge in [0.15, 0.2) is 0 Å². The van der Waals surface area contributed by atoms with Gasteiger partial charge in [-0.3, -0.25) is 4.79 Å². The van der Waals surface area contributed by atoms with Crippen molar-refractivity contribution in [3.8, 4) is 0 Å². The van der Waals surface area contributed by atoms with Crippen molar-refractivity contribution >= 4 is 12.0 Å². The first kappa shape index (κ1) is 13.5. The molecule has 1 unspecified atom stereocenters. The van der Waals surface area contributed by atoms with Crippen molar-refractivity contribution < 1.29 is 14.7 Å². The second kappa shape index (κ2) is 6.27. The van der Waals surface area contributed by atoms with Gasteiger partial charge < -0.3 is 15.3 Å². The zero-order chi connectivity index (χ0) is 12.8. The molecule has 0 bridgehead atoms. The predicted octanol–water partition coefficient (Wildman–Crippen LogP) is 1.46. The van der Waals surface area contributed by atoms with E-state index in [1.807, 2.05) is 6.92 Å². The summed E-state index contributed by atoms with van der Waals surface area (Å²) in [5.41, 5.74) is 1.18. The molecule has 1 rings (SSSR count). The van der Waals surface area contributed by atoms with E-state index in [2.05, 4.69) is 11.4 Å². The molecule has 0 aromatic rings. The van der Waals surface area contributed by atoms with E-state index in [0.717, 1.165) is 6.42 Å². The van der Waals surface area contributed by atoms with Gasteiger partial charge >= 0.3 is 12.0 Å². The van der Waals surface area contributed by atoms with Crippen LogP contribution < -0.4 is 5.32 Å². The maximum atomic E-state index is 11.8. The summed E-state index contributed by atoms with van der Waals surface area (Å²) in [6.45, 7) is 5.33. The fraction of sp³-hybridized carbons (Fsp3) is 0.667. The zero-order valence-corrected chi connectivity index (χ0v) is 10.4. The molecule has 0 aromatic heterocycles. The van der Waals surface area contributed by atoms with E-state index < -0.39 is 11.9 Å². The van der Waals surface area contributed by atoms with Crippen molar-refractivity contribution in [3.05, 3.63) is 11.6 Å².